The Labute approximate surface area is 90.1 Å². The minimum absolute atomic E-state index is 0.869. The maximum atomic E-state index is 3.26. The molecule has 1 radical (unpaired) electrons. The first kappa shape index (κ1) is 10.1. The zero-order valence-corrected chi connectivity index (χ0v) is 11.3. The van der Waals surface area contributed by atoms with Crippen molar-refractivity contribution in [2.24, 2.45) is 0 Å². The van der Waals surface area contributed by atoms with Crippen molar-refractivity contribution in [3.05, 3.63) is 11.6 Å². The molecular formula is C3Br5. The van der Waals surface area contributed by atoms with Crippen LogP contribution in [0.5, 0.6) is 0 Å². The molecule has 0 aromatic heterocycles. The second kappa shape index (κ2) is 4.88. The lowest BCUT2D eigenvalue weighted by molar-refractivity contribution is 1.97. The predicted molar refractivity (Wildman–Crippen MR) is 54.9 cm³/mol. The monoisotopic (exact) mass is 431 g/mol. The smallest absolute Gasteiger partial charge is 0.0638 e. The van der Waals surface area contributed by atoms with Gasteiger partial charge in [-0.2, -0.15) is 0 Å². The van der Waals surface area contributed by atoms with E-state index in [-0.39, 0.29) is 0 Å². The molecule has 0 unspecified atom stereocenters. The Morgan fingerprint density at radius 1 is 0.750 bits per heavy atom. The number of hydrogen-bond donors (Lipinski definition) is 0. The van der Waals surface area contributed by atoms with E-state index in [1.165, 1.54) is 0 Å². The molecule has 47 valence electrons. The van der Waals surface area contributed by atoms with Crippen molar-refractivity contribution in [2.45, 2.75) is 0 Å². The summed E-state index contributed by atoms with van der Waals surface area (Å²) in [6, 6.07) is 0. The molecule has 0 atom stereocenters. The van der Waals surface area contributed by atoms with Crippen molar-refractivity contribution in [3.63, 3.8) is 0 Å². The second-order valence-electron chi connectivity index (χ2n) is 0.835. The lowest BCUT2D eigenvalue weighted by Gasteiger charge is -1.95. The van der Waals surface area contributed by atoms with Gasteiger partial charge in [-0.1, -0.05) is 47.8 Å². The Morgan fingerprint density at radius 3 is 1.12 bits per heavy atom. The third-order valence-electron chi connectivity index (χ3n) is 0.332. The molecule has 0 rings (SSSR count). The van der Waals surface area contributed by atoms with Crippen LogP contribution in [0, 0.1) is 3.74 Å². The van der Waals surface area contributed by atoms with Crippen LogP contribution in [0.2, 0.25) is 0 Å². The minimum Gasteiger partial charge on any atom is -0.0638 e. The standard InChI is InChI=1S/C3Br5/c4-1(2(5)6)3(7)8. The molecule has 0 spiro atoms. The van der Waals surface area contributed by atoms with Crippen LogP contribution >= 0.6 is 79.6 Å². The summed E-state index contributed by atoms with van der Waals surface area (Å²) in [5, 5.41) is 0. The van der Waals surface area contributed by atoms with E-state index >= 15 is 0 Å². The number of halogens is 5. The Kier molecular flexibility index (Phi) is 6.19. The van der Waals surface area contributed by atoms with Crippen LogP contribution in [0.3, 0.4) is 0 Å². The van der Waals surface area contributed by atoms with E-state index in [4.69, 9.17) is 0 Å². The molecule has 0 fully saturated rings. The van der Waals surface area contributed by atoms with Gasteiger partial charge in [0.2, 0.25) is 0 Å². The molecule has 0 N–H and O–H groups in total. The Balaban J connectivity index is 4.00. The van der Waals surface area contributed by atoms with Gasteiger partial charge in [-0.3, -0.25) is 0 Å². The molecule has 0 saturated heterocycles. The summed E-state index contributed by atoms with van der Waals surface area (Å²) >= 11 is 16.1. The third kappa shape index (κ3) is 4.04. The van der Waals surface area contributed by atoms with E-state index in [0.29, 0.717) is 0 Å². The van der Waals surface area contributed by atoms with Crippen LogP contribution in [-0.2, 0) is 0 Å². The highest BCUT2D eigenvalue weighted by molar-refractivity contribution is 9.30. The van der Waals surface area contributed by atoms with Gasteiger partial charge in [0.15, 0.2) is 0 Å². The molecule has 0 nitrogen and oxygen atoms in total. The number of rotatable bonds is 1. The molecule has 0 aromatic carbocycles. The Bertz CT molecular complexity index is 100. The first-order valence-corrected chi connectivity index (χ1v) is 5.41. The zero-order chi connectivity index (χ0) is 6.73. The van der Waals surface area contributed by atoms with Gasteiger partial charge in [-0.25, -0.2) is 0 Å². The summed E-state index contributed by atoms with van der Waals surface area (Å²) in [7, 11) is 0. The predicted octanol–water partition coefficient (Wildman–Crippen LogP) is 4.62. The summed E-state index contributed by atoms with van der Waals surface area (Å²) < 4.78 is 2.65. The van der Waals surface area contributed by atoms with E-state index in [9.17, 15) is 0 Å². The fourth-order valence-electron chi connectivity index (χ4n) is 0.0714. The number of allylic oxidation sites excluding steroid dienone is 1. The van der Waals surface area contributed by atoms with Crippen LogP contribution in [0.1, 0.15) is 0 Å². The molecule has 0 aliphatic heterocycles. The highest BCUT2D eigenvalue weighted by Gasteiger charge is 2.05. The molecule has 8 heavy (non-hydrogen) atoms. The third-order valence-corrected chi connectivity index (χ3v) is 4.84. The van der Waals surface area contributed by atoms with E-state index in [1.54, 1.807) is 0 Å². The van der Waals surface area contributed by atoms with Crippen molar-refractivity contribution >= 4 is 79.6 Å². The largest absolute Gasteiger partial charge is 0.143 e. The Hall–Kier alpha value is 2.14. The molecule has 0 amide bonds. The van der Waals surface area contributed by atoms with Crippen molar-refractivity contribution in [1.29, 1.82) is 0 Å². The lowest BCUT2D eigenvalue weighted by Crippen LogP contribution is -1.70. The van der Waals surface area contributed by atoms with E-state index in [1.807, 2.05) is 0 Å². The first-order valence-electron chi connectivity index (χ1n) is 1.44. The average Bonchev–Trinajstić information content (AvgIpc) is 1.64. The molecule has 0 heterocycles. The van der Waals surface area contributed by atoms with Crippen molar-refractivity contribution in [3.8, 4) is 0 Å². The summed E-state index contributed by atoms with van der Waals surface area (Å²) in [6.45, 7) is 0. The zero-order valence-electron chi connectivity index (χ0n) is 3.39. The van der Waals surface area contributed by atoms with Crippen LogP contribution in [0.4, 0.5) is 0 Å². The van der Waals surface area contributed by atoms with E-state index in [0.717, 1.165) is 11.6 Å². The van der Waals surface area contributed by atoms with Crippen molar-refractivity contribution in [2.75, 3.05) is 0 Å². The number of hydrogen-bond acceptors (Lipinski definition) is 0. The van der Waals surface area contributed by atoms with Gasteiger partial charge < -0.3 is 0 Å². The van der Waals surface area contributed by atoms with Crippen LogP contribution in [0.25, 0.3) is 0 Å². The summed E-state index contributed by atoms with van der Waals surface area (Å²) in [6.07, 6.45) is 0. The lowest BCUT2D eigenvalue weighted by atomic mass is 10.8. The molecule has 0 aliphatic carbocycles. The maximum Gasteiger partial charge on any atom is 0.143 e. The molecule has 0 aliphatic rings. The van der Waals surface area contributed by atoms with Crippen molar-refractivity contribution < 1.29 is 0 Å². The highest BCUT2D eigenvalue weighted by atomic mass is 79.9. The molecular weight excluding hydrogens is 436 g/mol. The van der Waals surface area contributed by atoms with E-state index < -0.39 is 0 Å². The fraction of sp³-hybridized carbons (Fsp3) is 0. The SMILES string of the molecule is Br[C](Br)C(Br)=C(Br)Br. The Morgan fingerprint density at radius 2 is 1.12 bits per heavy atom. The van der Waals surface area contributed by atoms with Crippen LogP contribution in [-0.4, -0.2) is 0 Å². The van der Waals surface area contributed by atoms with Gasteiger partial charge in [0.1, 0.15) is 3.74 Å². The second-order valence-corrected chi connectivity index (χ2v) is 6.93. The summed E-state index contributed by atoms with van der Waals surface area (Å²) in [5.74, 6) is 0. The average molecular weight is 436 g/mol. The van der Waals surface area contributed by atoms with Gasteiger partial charge in [0, 0.05) is 4.48 Å². The topological polar surface area (TPSA) is 0 Å². The quantitative estimate of drug-likeness (QED) is 0.564. The van der Waals surface area contributed by atoms with Crippen LogP contribution in [0.15, 0.2) is 7.87 Å². The highest BCUT2D eigenvalue weighted by Crippen LogP contribution is 2.38. The first-order chi connectivity index (χ1) is 3.55. The summed E-state index contributed by atoms with van der Waals surface area (Å²) in [5.41, 5.74) is 0. The van der Waals surface area contributed by atoms with Gasteiger partial charge in [0.25, 0.3) is 0 Å². The molecule has 0 bridgehead atoms. The fourth-order valence-corrected chi connectivity index (χ4v) is 1.93. The maximum absolute atomic E-state index is 3.26. The van der Waals surface area contributed by atoms with Gasteiger partial charge in [0.05, 0.1) is 3.39 Å². The molecule has 0 aromatic rings. The summed E-state index contributed by atoms with van der Waals surface area (Å²) in [4.78, 5) is 0. The van der Waals surface area contributed by atoms with Gasteiger partial charge in [-0.15, -0.1) is 0 Å². The molecule has 0 saturated carbocycles. The van der Waals surface area contributed by atoms with Crippen molar-refractivity contribution in [1.82, 2.24) is 0 Å². The van der Waals surface area contributed by atoms with Gasteiger partial charge >= 0.3 is 0 Å². The van der Waals surface area contributed by atoms with Crippen LogP contribution < -0.4 is 0 Å². The van der Waals surface area contributed by atoms with Gasteiger partial charge in [-0.05, 0) is 31.9 Å². The minimum atomic E-state index is 0.869. The normalized spacial score (nSPS) is 9.75. The molecule has 5 heteroatoms. The van der Waals surface area contributed by atoms with E-state index in [2.05, 4.69) is 79.6 Å².